The second kappa shape index (κ2) is 7.66. The van der Waals surface area contributed by atoms with Crippen LogP contribution in [0.2, 0.25) is 0 Å². The van der Waals surface area contributed by atoms with Crippen molar-refractivity contribution in [3.05, 3.63) is 72.1 Å². The van der Waals surface area contributed by atoms with E-state index in [1.54, 1.807) is 18.2 Å². The van der Waals surface area contributed by atoms with Gasteiger partial charge in [0, 0.05) is 29.6 Å². The average Bonchev–Trinajstić information content (AvgIpc) is 3.04. The number of nitrogens with one attached hydrogen (secondary N) is 1. The molecule has 0 atom stereocenters. The van der Waals surface area contributed by atoms with Gasteiger partial charge in [0.1, 0.15) is 23.1 Å². The fourth-order valence-corrected chi connectivity index (χ4v) is 2.31. The van der Waals surface area contributed by atoms with Crippen LogP contribution in [0.5, 0.6) is 5.75 Å². The first kappa shape index (κ1) is 18.1. The van der Waals surface area contributed by atoms with Crippen LogP contribution in [0.15, 0.2) is 65.3 Å². The van der Waals surface area contributed by atoms with Gasteiger partial charge in [-0.3, -0.25) is 0 Å². The summed E-state index contributed by atoms with van der Waals surface area (Å²) < 4.78 is 45.9. The topological polar surface area (TPSA) is 71.1 Å². The first-order chi connectivity index (χ1) is 13.0. The quantitative estimate of drug-likeness (QED) is 0.668. The second-order valence-electron chi connectivity index (χ2n) is 5.30. The lowest BCUT2D eigenvalue weighted by molar-refractivity contribution is -0.274. The number of alkyl halides is 3. The minimum Gasteiger partial charge on any atom is -0.406 e. The molecule has 0 aliphatic heterocycles. The van der Waals surface area contributed by atoms with E-state index in [0.29, 0.717) is 11.4 Å². The van der Waals surface area contributed by atoms with E-state index >= 15 is 0 Å². The van der Waals surface area contributed by atoms with Crippen molar-refractivity contribution in [1.29, 1.82) is 5.26 Å². The summed E-state index contributed by atoms with van der Waals surface area (Å²) in [5.74, 6) is -0.115. The van der Waals surface area contributed by atoms with E-state index in [0.717, 1.165) is 5.56 Å². The van der Waals surface area contributed by atoms with Crippen LogP contribution in [0.4, 0.5) is 18.9 Å². The molecule has 0 radical (unpaired) electrons. The maximum Gasteiger partial charge on any atom is 0.573 e. The Bertz CT molecular complexity index is 989. The summed E-state index contributed by atoms with van der Waals surface area (Å²) in [5.41, 5.74) is 1.78. The van der Waals surface area contributed by atoms with Crippen molar-refractivity contribution in [2.24, 2.45) is 0 Å². The molecule has 0 spiro atoms. The summed E-state index contributed by atoms with van der Waals surface area (Å²) in [5, 5.41) is 16.1. The maximum absolute atomic E-state index is 12.3. The Morgan fingerprint density at radius 1 is 1.11 bits per heavy atom. The molecule has 8 heteroatoms. The number of halogens is 3. The molecule has 136 valence electrons. The lowest BCUT2D eigenvalue weighted by atomic mass is 10.1. The monoisotopic (exact) mass is 371 g/mol. The van der Waals surface area contributed by atoms with Gasteiger partial charge in [-0.25, -0.2) is 0 Å². The van der Waals surface area contributed by atoms with Gasteiger partial charge in [-0.1, -0.05) is 41.6 Å². The van der Waals surface area contributed by atoms with Gasteiger partial charge in [-0.15, -0.1) is 13.2 Å². The van der Waals surface area contributed by atoms with Crippen molar-refractivity contribution in [2.75, 3.05) is 5.32 Å². The third kappa shape index (κ3) is 4.67. The van der Waals surface area contributed by atoms with E-state index < -0.39 is 6.36 Å². The smallest absolute Gasteiger partial charge is 0.406 e. The molecule has 27 heavy (non-hydrogen) atoms. The highest BCUT2D eigenvalue weighted by atomic mass is 19.4. The van der Waals surface area contributed by atoms with Crippen molar-refractivity contribution in [2.45, 2.75) is 6.36 Å². The molecule has 0 saturated carbocycles. The molecule has 1 N–H and O–H groups in total. The third-order valence-corrected chi connectivity index (χ3v) is 3.43. The number of rotatable bonds is 5. The van der Waals surface area contributed by atoms with Crippen molar-refractivity contribution < 1.29 is 22.4 Å². The average molecular weight is 371 g/mol. The van der Waals surface area contributed by atoms with Gasteiger partial charge < -0.3 is 14.6 Å². The van der Waals surface area contributed by atoms with E-state index in [2.05, 4.69) is 15.2 Å². The van der Waals surface area contributed by atoms with Crippen LogP contribution in [0.25, 0.3) is 17.3 Å². The van der Waals surface area contributed by atoms with Crippen LogP contribution in [-0.2, 0) is 0 Å². The first-order valence-electron chi connectivity index (χ1n) is 7.70. The predicted octanol–water partition coefficient (Wildman–Crippen LogP) is 5.19. The van der Waals surface area contributed by atoms with E-state index in [1.165, 1.54) is 30.5 Å². The van der Waals surface area contributed by atoms with Crippen molar-refractivity contribution in [3.8, 4) is 23.1 Å². The van der Waals surface area contributed by atoms with Crippen LogP contribution in [0.1, 0.15) is 11.3 Å². The van der Waals surface area contributed by atoms with E-state index in [1.807, 2.05) is 24.3 Å². The Balaban J connectivity index is 1.75. The van der Waals surface area contributed by atoms with Crippen molar-refractivity contribution in [1.82, 2.24) is 5.16 Å². The van der Waals surface area contributed by atoms with Gasteiger partial charge in [0.15, 0.2) is 5.76 Å². The molecule has 0 unspecified atom stereocenters. The summed E-state index contributed by atoms with van der Waals surface area (Å²) in [4.78, 5) is 0. The highest BCUT2D eigenvalue weighted by Crippen LogP contribution is 2.27. The zero-order chi connectivity index (χ0) is 19.3. The third-order valence-electron chi connectivity index (χ3n) is 3.43. The van der Waals surface area contributed by atoms with E-state index in [4.69, 9.17) is 4.52 Å². The van der Waals surface area contributed by atoms with Crippen molar-refractivity contribution >= 4 is 11.8 Å². The molecule has 1 aromatic heterocycles. The van der Waals surface area contributed by atoms with E-state index in [9.17, 15) is 18.4 Å². The number of nitriles is 1. The summed E-state index contributed by atoms with van der Waals surface area (Å²) in [6, 6.07) is 16.5. The largest absolute Gasteiger partial charge is 0.573 e. The molecular weight excluding hydrogens is 359 g/mol. The minimum atomic E-state index is -4.76. The zero-order valence-electron chi connectivity index (χ0n) is 13.7. The standard InChI is InChI=1S/C19H12F3N3O2/c20-19(21,22)26-15-8-4-7-14(11-15)24-10-9-17-16(12-23)18(25-27-17)13-5-2-1-3-6-13/h1-11,24H. The van der Waals surface area contributed by atoms with Gasteiger partial charge in [0.2, 0.25) is 0 Å². The molecular formula is C19H12F3N3O2. The number of aromatic nitrogens is 1. The zero-order valence-corrected chi connectivity index (χ0v) is 13.7. The molecule has 0 aliphatic carbocycles. The van der Waals surface area contributed by atoms with E-state index in [-0.39, 0.29) is 17.1 Å². The first-order valence-corrected chi connectivity index (χ1v) is 7.70. The molecule has 0 aliphatic rings. The van der Waals surface area contributed by atoms with Crippen LogP contribution < -0.4 is 10.1 Å². The summed E-state index contributed by atoms with van der Waals surface area (Å²) >= 11 is 0. The Morgan fingerprint density at radius 2 is 1.89 bits per heavy atom. The Hall–Kier alpha value is -3.73. The Kier molecular flexibility index (Phi) is 5.13. The fraction of sp³-hybridized carbons (Fsp3) is 0.0526. The Morgan fingerprint density at radius 3 is 2.59 bits per heavy atom. The predicted molar refractivity (Wildman–Crippen MR) is 92.4 cm³/mol. The van der Waals surface area contributed by atoms with Crippen molar-refractivity contribution in [3.63, 3.8) is 0 Å². The number of ether oxygens (including phenoxy) is 1. The second-order valence-corrected chi connectivity index (χ2v) is 5.30. The molecule has 0 fully saturated rings. The van der Waals surface area contributed by atoms with Gasteiger partial charge in [0.05, 0.1) is 0 Å². The minimum absolute atomic E-state index is 0.228. The number of anilines is 1. The number of nitrogens with zero attached hydrogens (tertiary/aromatic N) is 2. The van der Waals surface area contributed by atoms with Crippen LogP contribution in [0, 0.1) is 11.3 Å². The lowest BCUT2D eigenvalue weighted by Gasteiger charge is -2.09. The van der Waals surface area contributed by atoms with Gasteiger partial charge in [-0.2, -0.15) is 5.26 Å². The Labute approximate surface area is 152 Å². The number of hydrogen-bond acceptors (Lipinski definition) is 5. The SMILES string of the molecule is N#Cc1c(-c2ccccc2)noc1C=CNc1cccc(OC(F)(F)F)c1. The van der Waals surface area contributed by atoms with Gasteiger partial charge in [0.25, 0.3) is 0 Å². The molecule has 0 saturated heterocycles. The molecule has 1 heterocycles. The molecule has 3 rings (SSSR count). The van der Waals surface area contributed by atoms with Crippen LogP contribution in [-0.4, -0.2) is 11.5 Å². The molecule has 3 aromatic rings. The van der Waals surface area contributed by atoms with Gasteiger partial charge in [-0.05, 0) is 12.1 Å². The van der Waals surface area contributed by atoms with Gasteiger partial charge >= 0.3 is 6.36 Å². The summed E-state index contributed by atoms with van der Waals surface area (Å²) in [7, 11) is 0. The normalized spacial score (nSPS) is 11.3. The molecule has 0 amide bonds. The highest BCUT2D eigenvalue weighted by Gasteiger charge is 2.31. The summed E-state index contributed by atoms with van der Waals surface area (Å²) in [6.45, 7) is 0. The summed E-state index contributed by atoms with van der Waals surface area (Å²) in [6.07, 6.45) is -1.86. The highest BCUT2D eigenvalue weighted by molar-refractivity contribution is 5.71. The van der Waals surface area contributed by atoms with Crippen LogP contribution >= 0.6 is 0 Å². The molecule has 0 bridgehead atoms. The number of hydrogen-bond donors (Lipinski definition) is 1. The molecule has 5 nitrogen and oxygen atoms in total. The maximum atomic E-state index is 12.3. The molecule has 2 aromatic carbocycles. The van der Waals surface area contributed by atoms with Crippen LogP contribution in [0.3, 0.4) is 0 Å². The number of benzene rings is 2. The lowest BCUT2D eigenvalue weighted by Crippen LogP contribution is -2.17. The fourth-order valence-electron chi connectivity index (χ4n) is 2.31.